The first kappa shape index (κ1) is 12.3. The molecule has 0 bridgehead atoms. The van der Waals surface area contributed by atoms with Gasteiger partial charge in [-0.05, 0) is 24.8 Å². The normalized spacial score (nSPS) is 14.8. The van der Waals surface area contributed by atoms with E-state index < -0.39 is 0 Å². The minimum atomic E-state index is 0.199. The number of hydrogen-bond donors (Lipinski definition) is 1. The van der Waals surface area contributed by atoms with E-state index in [9.17, 15) is 0 Å². The molecule has 0 saturated carbocycles. The molecule has 1 N–H and O–H groups in total. The van der Waals surface area contributed by atoms with E-state index in [4.69, 9.17) is 0 Å². The molecule has 0 amide bonds. The summed E-state index contributed by atoms with van der Waals surface area (Å²) < 4.78 is 2.08. The fraction of sp³-hybridized carbons (Fsp3) is 0.462. The summed E-state index contributed by atoms with van der Waals surface area (Å²) in [4.78, 5) is 5.79. The molecule has 0 radical (unpaired) electrons. The summed E-state index contributed by atoms with van der Waals surface area (Å²) in [7, 11) is 2.04. The lowest BCUT2D eigenvalue weighted by Crippen LogP contribution is -2.31. The molecule has 0 aliphatic carbocycles. The number of thiophene rings is 1. The van der Waals surface area contributed by atoms with Gasteiger partial charge in [0.15, 0.2) is 0 Å². The van der Waals surface area contributed by atoms with Crippen LogP contribution in [0.5, 0.6) is 0 Å². The molecule has 4 heteroatoms. The number of aryl methyl sites for hydroxylation is 1. The molecular weight excluding hydrogens is 230 g/mol. The van der Waals surface area contributed by atoms with Crippen LogP contribution >= 0.6 is 11.3 Å². The van der Waals surface area contributed by atoms with Crippen LogP contribution in [0.3, 0.4) is 0 Å². The first-order chi connectivity index (χ1) is 8.22. The minimum Gasteiger partial charge on any atom is -0.336 e. The van der Waals surface area contributed by atoms with Crippen molar-refractivity contribution >= 4 is 11.3 Å². The quantitative estimate of drug-likeness (QED) is 0.883. The van der Waals surface area contributed by atoms with Gasteiger partial charge in [-0.3, -0.25) is 0 Å². The van der Waals surface area contributed by atoms with Gasteiger partial charge in [-0.15, -0.1) is 11.3 Å². The summed E-state index contributed by atoms with van der Waals surface area (Å²) >= 11 is 1.77. The maximum atomic E-state index is 4.47. The first-order valence-corrected chi connectivity index (χ1v) is 6.87. The van der Waals surface area contributed by atoms with E-state index >= 15 is 0 Å². The minimum absolute atomic E-state index is 0.199. The van der Waals surface area contributed by atoms with Crippen LogP contribution in [0.1, 0.15) is 37.0 Å². The van der Waals surface area contributed by atoms with Crippen LogP contribution in [-0.2, 0) is 7.05 Å². The van der Waals surface area contributed by atoms with Crippen LogP contribution in [0, 0.1) is 0 Å². The van der Waals surface area contributed by atoms with Crippen LogP contribution < -0.4 is 5.32 Å². The van der Waals surface area contributed by atoms with E-state index in [-0.39, 0.29) is 6.04 Å². The van der Waals surface area contributed by atoms with Gasteiger partial charge in [0.1, 0.15) is 11.9 Å². The highest BCUT2D eigenvalue weighted by atomic mass is 32.1. The Labute approximate surface area is 107 Å². The molecule has 92 valence electrons. The lowest BCUT2D eigenvalue weighted by molar-refractivity contribution is 0.470. The van der Waals surface area contributed by atoms with Crippen molar-refractivity contribution in [2.24, 2.45) is 7.05 Å². The summed E-state index contributed by atoms with van der Waals surface area (Å²) in [6.07, 6.45) is 4.97. The number of hydrogen-bond acceptors (Lipinski definition) is 3. The fourth-order valence-electron chi connectivity index (χ4n) is 1.80. The second kappa shape index (κ2) is 5.47. The highest BCUT2D eigenvalue weighted by molar-refractivity contribution is 7.10. The zero-order valence-electron chi connectivity index (χ0n) is 10.6. The Bertz CT molecular complexity index is 447. The van der Waals surface area contributed by atoms with Gasteiger partial charge in [0.2, 0.25) is 0 Å². The standard InChI is InChI=1S/C13H19N3S/c1-4-10(2)15-12(11-6-5-9-17-11)13-14-7-8-16(13)3/h5-10,12,15H,4H2,1-3H3. The molecule has 0 aromatic carbocycles. The molecular formula is C13H19N3S. The number of imidazole rings is 1. The van der Waals surface area contributed by atoms with Crippen molar-refractivity contribution in [2.75, 3.05) is 0 Å². The van der Waals surface area contributed by atoms with Gasteiger partial charge in [-0.2, -0.15) is 0 Å². The monoisotopic (exact) mass is 249 g/mol. The maximum Gasteiger partial charge on any atom is 0.131 e. The van der Waals surface area contributed by atoms with Crippen molar-refractivity contribution in [1.82, 2.24) is 14.9 Å². The summed E-state index contributed by atoms with van der Waals surface area (Å²) in [5.41, 5.74) is 0. The molecule has 0 aliphatic heterocycles. The fourth-order valence-corrected chi connectivity index (χ4v) is 2.58. The Morgan fingerprint density at radius 3 is 2.88 bits per heavy atom. The highest BCUT2D eigenvalue weighted by Gasteiger charge is 2.20. The molecule has 0 saturated heterocycles. The zero-order valence-corrected chi connectivity index (χ0v) is 11.4. The number of nitrogens with one attached hydrogen (secondary N) is 1. The van der Waals surface area contributed by atoms with Crippen molar-refractivity contribution in [3.05, 3.63) is 40.6 Å². The molecule has 2 heterocycles. The van der Waals surface area contributed by atoms with Gasteiger partial charge in [-0.25, -0.2) is 4.98 Å². The third-order valence-electron chi connectivity index (χ3n) is 3.01. The molecule has 3 nitrogen and oxygen atoms in total. The second-order valence-corrected chi connectivity index (χ2v) is 5.30. The predicted molar refractivity (Wildman–Crippen MR) is 72.3 cm³/mol. The number of nitrogens with zero attached hydrogens (tertiary/aromatic N) is 2. The Kier molecular flexibility index (Phi) is 3.97. The van der Waals surface area contributed by atoms with Crippen LogP contribution in [0.4, 0.5) is 0 Å². The Hall–Kier alpha value is -1.13. The predicted octanol–water partition coefficient (Wildman–Crippen LogP) is 2.96. The number of aromatic nitrogens is 2. The van der Waals surface area contributed by atoms with E-state index in [1.807, 2.05) is 19.4 Å². The molecule has 0 aliphatic rings. The Morgan fingerprint density at radius 2 is 2.35 bits per heavy atom. The molecule has 0 spiro atoms. The molecule has 2 aromatic heterocycles. The Balaban J connectivity index is 2.28. The summed E-state index contributed by atoms with van der Waals surface area (Å²) in [6, 6.07) is 4.94. The summed E-state index contributed by atoms with van der Waals surface area (Å²) in [6.45, 7) is 4.41. The van der Waals surface area contributed by atoms with E-state index in [0.29, 0.717) is 6.04 Å². The summed E-state index contributed by atoms with van der Waals surface area (Å²) in [5, 5.41) is 5.75. The lowest BCUT2D eigenvalue weighted by Gasteiger charge is -2.21. The topological polar surface area (TPSA) is 29.9 Å². The lowest BCUT2D eigenvalue weighted by atomic mass is 10.1. The molecule has 17 heavy (non-hydrogen) atoms. The van der Waals surface area contributed by atoms with Crippen LogP contribution in [0.15, 0.2) is 29.9 Å². The second-order valence-electron chi connectivity index (χ2n) is 4.32. The molecule has 2 aromatic rings. The van der Waals surface area contributed by atoms with Crippen molar-refractivity contribution in [3.63, 3.8) is 0 Å². The average Bonchev–Trinajstić information content (AvgIpc) is 2.97. The maximum absolute atomic E-state index is 4.47. The molecule has 2 unspecified atom stereocenters. The SMILES string of the molecule is CCC(C)NC(c1cccs1)c1nccn1C. The average molecular weight is 249 g/mol. The van der Waals surface area contributed by atoms with E-state index in [1.54, 1.807) is 11.3 Å². The van der Waals surface area contributed by atoms with Gasteiger partial charge < -0.3 is 9.88 Å². The Morgan fingerprint density at radius 1 is 1.53 bits per heavy atom. The van der Waals surface area contributed by atoms with Crippen molar-refractivity contribution in [1.29, 1.82) is 0 Å². The van der Waals surface area contributed by atoms with Crippen LogP contribution in [-0.4, -0.2) is 15.6 Å². The van der Waals surface area contributed by atoms with Gasteiger partial charge in [0.05, 0.1) is 0 Å². The molecule has 2 atom stereocenters. The summed E-state index contributed by atoms with van der Waals surface area (Å²) in [5.74, 6) is 1.08. The largest absolute Gasteiger partial charge is 0.336 e. The smallest absolute Gasteiger partial charge is 0.131 e. The van der Waals surface area contributed by atoms with E-state index in [1.165, 1.54) is 4.88 Å². The third kappa shape index (κ3) is 2.76. The van der Waals surface area contributed by atoms with E-state index in [2.05, 4.69) is 46.2 Å². The van der Waals surface area contributed by atoms with Gasteiger partial charge in [-0.1, -0.05) is 13.0 Å². The highest BCUT2D eigenvalue weighted by Crippen LogP contribution is 2.25. The number of rotatable bonds is 5. The van der Waals surface area contributed by atoms with Crippen molar-refractivity contribution in [3.8, 4) is 0 Å². The van der Waals surface area contributed by atoms with Gasteiger partial charge >= 0.3 is 0 Å². The van der Waals surface area contributed by atoms with Crippen LogP contribution in [0.2, 0.25) is 0 Å². The van der Waals surface area contributed by atoms with Gasteiger partial charge in [0.25, 0.3) is 0 Å². The first-order valence-electron chi connectivity index (χ1n) is 5.99. The third-order valence-corrected chi connectivity index (χ3v) is 3.95. The van der Waals surface area contributed by atoms with Crippen molar-refractivity contribution in [2.45, 2.75) is 32.4 Å². The molecule has 2 rings (SSSR count). The van der Waals surface area contributed by atoms with Gasteiger partial charge in [0, 0.05) is 30.4 Å². The van der Waals surface area contributed by atoms with Crippen molar-refractivity contribution < 1.29 is 0 Å². The van der Waals surface area contributed by atoms with E-state index in [0.717, 1.165) is 12.2 Å². The molecule has 0 fully saturated rings. The van der Waals surface area contributed by atoms with Crippen LogP contribution in [0.25, 0.3) is 0 Å². The zero-order chi connectivity index (χ0) is 12.3.